The number of hydrogen-bond donors (Lipinski definition) is 0. The van der Waals surface area contributed by atoms with Crippen LogP contribution in [-0.2, 0) is 10.0 Å². The van der Waals surface area contributed by atoms with Gasteiger partial charge < -0.3 is 0 Å². The average molecular weight is 273 g/mol. The highest BCUT2D eigenvalue weighted by atomic mass is 32.2. The Morgan fingerprint density at radius 2 is 1.22 bits per heavy atom. The van der Waals surface area contributed by atoms with E-state index in [0.29, 0.717) is 12.1 Å². The Kier molecular flexibility index (Phi) is 5.07. The average Bonchev–Trinajstić information content (AvgIpc) is 2.41. The summed E-state index contributed by atoms with van der Waals surface area (Å²) in [6.07, 6.45) is 11.7. The fraction of sp³-hybridized carbons (Fsp3) is 1.00. The molecule has 0 radical (unpaired) electrons. The summed E-state index contributed by atoms with van der Waals surface area (Å²) in [4.78, 5) is 0. The van der Waals surface area contributed by atoms with Crippen molar-refractivity contribution in [3.63, 3.8) is 0 Å². The van der Waals surface area contributed by atoms with Gasteiger partial charge in [-0.15, -0.1) is 0 Å². The topological polar surface area (TPSA) is 37.4 Å². The molecule has 4 heteroatoms. The summed E-state index contributed by atoms with van der Waals surface area (Å²) < 4.78 is 26.8. The minimum atomic E-state index is -3.03. The number of rotatable bonds is 4. The lowest BCUT2D eigenvalue weighted by molar-refractivity contribution is 0.170. The summed E-state index contributed by atoms with van der Waals surface area (Å²) in [7, 11) is -3.03. The minimum absolute atomic E-state index is 0.264. The first-order chi connectivity index (χ1) is 8.65. The van der Waals surface area contributed by atoms with Gasteiger partial charge in [-0.05, 0) is 32.6 Å². The lowest BCUT2D eigenvalue weighted by atomic mass is 9.91. The van der Waals surface area contributed by atoms with Gasteiger partial charge in [0.1, 0.15) is 0 Å². The maximum Gasteiger partial charge on any atom is 0.214 e. The first-order valence-corrected chi connectivity index (χ1v) is 9.27. The van der Waals surface area contributed by atoms with Gasteiger partial charge in [0.05, 0.1) is 5.75 Å². The zero-order valence-electron chi connectivity index (χ0n) is 11.6. The second-order valence-corrected chi connectivity index (χ2v) is 7.98. The van der Waals surface area contributed by atoms with Crippen LogP contribution in [0.3, 0.4) is 0 Å². The lowest BCUT2D eigenvalue weighted by Crippen LogP contribution is -2.49. The molecule has 0 aromatic rings. The van der Waals surface area contributed by atoms with Gasteiger partial charge in [0.15, 0.2) is 0 Å². The van der Waals surface area contributed by atoms with Crippen molar-refractivity contribution in [1.29, 1.82) is 0 Å². The van der Waals surface area contributed by atoms with E-state index in [2.05, 4.69) is 0 Å². The predicted molar refractivity (Wildman–Crippen MR) is 75.0 cm³/mol. The van der Waals surface area contributed by atoms with Crippen LogP contribution in [-0.4, -0.2) is 30.6 Å². The quantitative estimate of drug-likeness (QED) is 0.788. The molecule has 0 saturated heterocycles. The molecule has 0 N–H and O–H groups in total. The highest BCUT2D eigenvalue weighted by Crippen LogP contribution is 2.32. The number of nitrogens with zero attached hydrogens (tertiary/aromatic N) is 1. The Morgan fingerprint density at radius 1 is 0.833 bits per heavy atom. The number of hydrogen-bond acceptors (Lipinski definition) is 2. The molecule has 0 aromatic carbocycles. The highest BCUT2D eigenvalue weighted by molar-refractivity contribution is 7.89. The van der Waals surface area contributed by atoms with Crippen molar-refractivity contribution in [1.82, 2.24) is 4.31 Å². The third-order valence-electron chi connectivity index (χ3n) is 4.56. The molecule has 0 aliphatic heterocycles. The van der Waals surface area contributed by atoms with E-state index < -0.39 is 10.0 Å². The predicted octanol–water partition coefficient (Wildman–Crippen LogP) is 3.30. The fourth-order valence-electron chi connectivity index (χ4n) is 3.57. The Labute approximate surface area is 112 Å². The van der Waals surface area contributed by atoms with Gasteiger partial charge >= 0.3 is 0 Å². The summed E-state index contributed by atoms with van der Waals surface area (Å²) >= 11 is 0. The van der Waals surface area contributed by atoms with Crippen LogP contribution < -0.4 is 0 Å². The van der Waals surface area contributed by atoms with Gasteiger partial charge in [-0.3, -0.25) is 0 Å². The van der Waals surface area contributed by atoms with Crippen LogP contribution in [0.25, 0.3) is 0 Å². The van der Waals surface area contributed by atoms with Crippen molar-refractivity contribution < 1.29 is 8.42 Å². The van der Waals surface area contributed by atoms with Crippen LogP contribution in [0.1, 0.15) is 71.1 Å². The second kappa shape index (κ2) is 6.38. The zero-order valence-corrected chi connectivity index (χ0v) is 12.4. The van der Waals surface area contributed by atoms with Gasteiger partial charge in [-0.1, -0.05) is 38.5 Å². The van der Waals surface area contributed by atoms with Crippen molar-refractivity contribution in [2.75, 3.05) is 5.75 Å². The Hall–Kier alpha value is -0.0900. The lowest BCUT2D eigenvalue weighted by Gasteiger charge is -2.40. The molecule has 2 saturated carbocycles. The normalized spacial score (nSPS) is 24.6. The summed E-state index contributed by atoms with van der Waals surface area (Å²) in [6.45, 7) is 1.79. The van der Waals surface area contributed by atoms with Crippen LogP contribution in [0.2, 0.25) is 0 Å². The largest absolute Gasteiger partial charge is 0.214 e. The van der Waals surface area contributed by atoms with Crippen LogP contribution in [0.15, 0.2) is 0 Å². The van der Waals surface area contributed by atoms with Gasteiger partial charge in [-0.25, -0.2) is 8.42 Å². The van der Waals surface area contributed by atoms with E-state index in [1.165, 1.54) is 38.5 Å². The molecule has 0 unspecified atom stereocenters. The molecule has 0 amide bonds. The molecule has 0 bridgehead atoms. The van der Waals surface area contributed by atoms with Gasteiger partial charge in [-0.2, -0.15) is 4.31 Å². The minimum Gasteiger partial charge on any atom is -0.212 e. The molecule has 106 valence electrons. The maximum absolute atomic E-state index is 12.4. The summed E-state index contributed by atoms with van der Waals surface area (Å²) in [5, 5.41) is 0. The van der Waals surface area contributed by atoms with E-state index in [0.717, 1.165) is 25.7 Å². The van der Waals surface area contributed by atoms with E-state index >= 15 is 0 Å². The summed E-state index contributed by atoms with van der Waals surface area (Å²) in [6, 6.07) is 0.596. The highest BCUT2D eigenvalue weighted by Gasteiger charge is 2.36. The Morgan fingerprint density at radius 3 is 1.56 bits per heavy atom. The molecule has 2 aliphatic carbocycles. The molecule has 2 rings (SSSR count). The summed E-state index contributed by atoms with van der Waals surface area (Å²) in [5.41, 5.74) is 0. The van der Waals surface area contributed by atoms with Crippen molar-refractivity contribution in [3.8, 4) is 0 Å². The molecule has 2 fully saturated rings. The number of sulfonamides is 1. The maximum atomic E-state index is 12.4. The van der Waals surface area contributed by atoms with E-state index in [4.69, 9.17) is 0 Å². The van der Waals surface area contributed by atoms with Gasteiger partial charge in [0, 0.05) is 12.1 Å². The second-order valence-electron chi connectivity index (χ2n) is 5.81. The van der Waals surface area contributed by atoms with Crippen molar-refractivity contribution in [2.45, 2.75) is 83.2 Å². The van der Waals surface area contributed by atoms with Gasteiger partial charge in [0.2, 0.25) is 10.0 Å². The van der Waals surface area contributed by atoms with Gasteiger partial charge in [0.25, 0.3) is 0 Å². The third kappa shape index (κ3) is 3.27. The van der Waals surface area contributed by atoms with Crippen molar-refractivity contribution in [2.24, 2.45) is 0 Å². The molecule has 0 spiro atoms. The van der Waals surface area contributed by atoms with Crippen LogP contribution in [0, 0.1) is 0 Å². The third-order valence-corrected chi connectivity index (χ3v) is 6.52. The van der Waals surface area contributed by atoms with Crippen LogP contribution in [0.5, 0.6) is 0 Å². The SMILES string of the molecule is CCS(=O)(=O)N(C1CCCCC1)C1CCCCC1. The summed E-state index contributed by atoms with van der Waals surface area (Å²) in [5.74, 6) is 0.264. The molecule has 0 heterocycles. The van der Waals surface area contributed by atoms with E-state index in [1.54, 1.807) is 6.92 Å². The molecule has 2 aliphatic rings. The van der Waals surface area contributed by atoms with Crippen molar-refractivity contribution in [3.05, 3.63) is 0 Å². The van der Waals surface area contributed by atoms with Crippen LogP contribution >= 0.6 is 0 Å². The molecule has 0 aromatic heterocycles. The smallest absolute Gasteiger partial charge is 0.212 e. The Balaban J connectivity index is 2.15. The standard InChI is InChI=1S/C14H27NO2S/c1-2-18(16,17)15(13-9-5-3-6-10-13)14-11-7-4-8-12-14/h13-14H,2-12H2,1H3. The first-order valence-electron chi connectivity index (χ1n) is 7.66. The zero-order chi connectivity index (χ0) is 13.0. The Bertz CT molecular complexity index is 323. The molecule has 18 heavy (non-hydrogen) atoms. The van der Waals surface area contributed by atoms with E-state index in [1.807, 2.05) is 4.31 Å². The van der Waals surface area contributed by atoms with E-state index in [9.17, 15) is 8.42 Å². The fourth-order valence-corrected chi connectivity index (χ4v) is 5.20. The molecular weight excluding hydrogens is 246 g/mol. The molecule has 0 atom stereocenters. The molecular formula is C14H27NO2S. The van der Waals surface area contributed by atoms with Crippen molar-refractivity contribution >= 4 is 10.0 Å². The molecule has 3 nitrogen and oxygen atoms in total. The monoisotopic (exact) mass is 273 g/mol. The van der Waals surface area contributed by atoms with E-state index in [-0.39, 0.29) is 5.75 Å². The van der Waals surface area contributed by atoms with Crippen LogP contribution in [0.4, 0.5) is 0 Å². The first kappa shape index (κ1) is 14.3.